The molecule has 1 aromatic carbocycles. The number of fused-ring (bicyclic) bond motifs is 1. The van der Waals surface area contributed by atoms with Gasteiger partial charge in [0, 0.05) is 12.7 Å². The number of phosphoric ester groups is 1. The van der Waals surface area contributed by atoms with Crippen molar-refractivity contribution in [1.82, 2.24) is 19.5 Å². The number of esters is 1. The van der Waals surface area contributed by atoms with E-state index < -0.39 is 44.9 Å². The summed E-state index contributed by atoms with van der Waals surface area (Å²) in [7, 11) is -3.20. The molecule has 1 fully saturated rings. The Bertz CT molecular complexity index is 1220. The first-order chi connectivity index (χ1) is 15.7. The number of benzene rings is 1. The maximum absolute atomic E-state index is 12.9. The van der Waals surface area contributed by atoms with Gasteiger partial charge in [0.05, 0.1) is 18.5 Å². The van der Waals surface area contributed by atoms with Gasteiger partial charge in [-0.25, -0.2) is 24.3 Å². The molecule has 1 aliphatic heterocycles. The van der Waals surface area contributed by atoms with E-state index in [1.54, 1.807) is 31.3 Å². The van der Waals surface area contributed by atoms with Crippen LogP contribution in [0, 0.1) is 0 Å². The number of ether oxygens (including phenoxy) is 2. The first-order valence-corrected chi connectivity index (χ1v) is 11.2. The van der Waals surface area contributed by atoms with Crippen LogP contribution in [0.2, 0.25) is 0 Å². The highest BCUT2D eigenvalue weighted by atomic mass is 31.2. The number of carbonyl (C=O) groups excluding carboxylic acids is 1. The second-order valence-corrected chi connectivity index (χ2v) is 8.33. The number of imidazole rings is 1. The van der Waals surface area contributed by atoms with Gasteiger partial charge in [-0.1, -0.05) is 12.1 Å². The normalized spacial score (nSPS) is 23.0. The average molecular weight is 480 g/mol. The van der Waals surface area contributed by atoms with Gasteiger partial charge >= 0.3 is 13.8 Å². The summed E-state index contributed by atoms with van der Waals surface area (Å²) < 4.78 is 28.4. The molecule has 0 amide bonds. The van der Waals surface area contributed by atoms with Crippen molar-refractivity contribution in [1.29, 1.82) is 0 Å². The summed E-state index contributed by atoms with van der Waals surface area (Å²) in [6, 6.07) is 6.60. The fourth-order valence-electron chi connectivity index (χ4n) is 3.50. The minimum Gasteiger partial charge on any atom is -0.451 e. The Balaban J connectivity index is 1.68. The number of hydrogen-bond donors (Lipinski definition) is 5. The number of aliphatic hydroxyl groups is 1. The van der Waals surface area contributed by atoms with E-state index >= 15 is 0 Å². The van der Waals surface area contributed by atoms with Crippen LogP contribution in [0.25, 0.3) is 11.2 Å². The van der Waals surface area contributed by atoms with Crippen molar-refractivity contribution in [3.05, 3.63) is 42.5 Å². The van der Waals surface area contributed by atoms with Crippen molar-refractivity contribution in [3.63, 3.8) is 0 Å². The zero-order chi connectivity index (χ0) is 23.8. The second kappa shape index (κ2) is 9.02. The van der Waals surface area contributed by atoms with E-state index in [-0.39, 0.29) is 22.5 Å². The van der Waals surface area contributed by atoms with E-state index in [0.29, 0.717) is 5.69 Å². The third-order valence-corrected chi connectivity index (χ3v) is 5.53. The summed E-state index contributed by atoms with van der Waals surface area (Å²) in [6.45, 7) is -0.660. The van der Waals surface area contributed by atoms with Gasteiger partial charge < -0.3 is 35.4 Å². The molecular formula is C18H21N6O8P. The number of nitrogens with zero attached hydrogens (tertiary/aromatic N) is 4. The van der Waals surface area contributed by atoms with Crippen molar-refractivity contribution < 1.29 is 38.3 Å². The van der Waals surface area contributed by atoms with Crippen LogP contribution in [0.4, 0.5) is 11.5 Å². The van der Waals surface area contributed by atoms with E-state index in [9.17, 15) is 14.5 Å². The molecule has 0 radical (unpaired) electrons. The van der Waals surface area contributed by atoms with Gasteiger partial charge in [-0.2, -0.15) is 0 Å². The topological polar surface area (TPSA) is 204 Å². The minimum atomic E-state index is -4.84. The molecule has 0 saturated carbocycles. The van der Waals surface area contributed by atoms with Crippen molar-refractivity contribution in [2.24, 2.45) is 0 Å². The summed E-state index contributed by atoms with van der Waals surface area (Å²) in [5.74, 6) is -0.650. The molecule has 1 aliphatic rings. The number of para-hydroxylation sites is 1. The van der Waals surface area contributed by atoms with Gasteiger partial charge in [-0.05, 0) is 12.1 Å². The molecule has 15 heteroatoms. The lowest BCUT2D eigenvalue weighted by Crippen LogP contribution is -2.37. The first kappa shape index (κ1) is 23.0. The molecular weight excluding hydrogens is 459 g/mol. The molecule has 4 atom stereocenters. The summed E-state index contributed by atoms with van der Waals surface area (Å²) >= 11 is 0. The SMILES string of the molecule is CNc1ccccc1C(=O)O[C@@H]1[C@H](O)[C@@H](COP(=O)(O)O)O[C@H]1n1cnc2c(N)ncnc21. The highest BCUT2D eigenvalue weighted by Gasteiger charge is 2.48. The molecule has 14 nitrogen and oxygen atoms in total. The quantitative estimate of drug-likeness (QED) is 0.224. The van der Waals surface area contributed by atoms with Crippen molar-refractivity contribution in [2.45, 2.75) is 24.5 Å². The fraction of sp³-hybridized carbons (Fsp3) is 0.333. The Morgan fingerprint density at radius 1 is 1.30 bits per heavy atom. The Labute approximate surface area is 186 Å². The number of aromatic nitrogens is 4. The van der Waals surface area contributed by atoms with Crippen molar-refractivity contribution in [3.8, 4) is 0 Å². The lowest BCUT2D eigenvalue weighted by atomic mass is 10.1. The molecule has 3 heterocycles. The van der Waals surface area contributed by atoms with E-state index in [0.717, 1.165) is 0 Å². The predicted octanol–water partition coefficient (Wildman–Crippen LogP) is 0.0434. The number of carbonyl (C=O) groups is 1. The molecule has 0 unspecified atom stereocenters. The summed E-state index contributed by atoms with van der Waals surface area (Å²) in [4.78, 5) is 43.1. The summed E-state index contributed by atoms with van der Waals surface area (Å²) in [5.41, 5.74) is 7.04. The largest absolute Gasteiger partial charge is 0.469 e. The van der Waals surface area contributed by atoms with Crippen LogP contribution in [0.1, 0.15) is 16.6 Å². The number of nitrogen functional groups attached to an aromatic ring is 1. The average Bonchev–Trinajstić information content (AvgIpc) is 3.34. The highest BCUT2D eigenvalue weighted by molar-refractivity contribution is 7.46. The van der Waals surface area contributed by atoms with Gasteiger partial charge in [0.25, 0.3) is 0 Å². The number of nitrogens with two attached hydrogens (primary N) is 1. The molecule has 0 aliphatic carbocycles. The zero-order valence-corrected chi connectivity index (χ0v) is 18.1. The van der Waals surface area contributed by atoms with Crippen LogP contribution in [-0.2, 0) is 18.6 Å². The highest BCUT2D eigenvalue weighted by Crippen LogP contribution is 2.40. The van der Waals surface area contributed by atoms with Gasteiger partial charge in [-0.3, -0.25) is 9.09 Å². The monoisotopic (exact) mass is 480 g/mol. The maximum atomic E-state index is 12.9. The van der Waals surface area contributed by atoms with Crippen LogP contribution in [0.3, 0.4) is 0 Å². The molecule has 0 bridgehead atoms. The number of hydrogen-bond acceptors (Lipinski definition) is 11. The Hall–Kier alpha value is -3.13. The fourth-order valence-corrected chi connectivity index (χ4v) is 3.84. The van der Waals surface area contributed by atoms with E-state index in [1.165, 1.54) is 17.2 Å². The van der Waals surface area contributed by atoms with Gasteiger partial charge in [0.15, 0.2) is 23.8 Å². The molecule has 4 rings (SSSR count). The second-order valence-electron chi connectivity index (χ2n) is 7.09. The summed E-state index contributed by atoms with van der Waals surface area (Å²) in [5, 5.41) is 13.7. The number of anilines is 2. The number of rotatable bonds is 7. The standard InChI is InChI=1S/C18H21N6O8P/c1-20-10-5-3-2-4-9(10)18(26)32-14-13(25)11(6-30-33(27,28)29)31-17(14)24-8-23-12-15(19)21-7-22-16(12)24/h2-5,7-8,11,13-14,17,20,25H,6H2,1H3,(H2,19,21,22)(H2,27,28,29)/t11-,13-,14-,17-/m1/s1. The Morgan fingerprint density at radius 2 is 2.06 bits per heavy atom. The number of nitrogens with one attached hydrogen (secondary N) is 1. The molecule has 0 spiro atoms. The maximum Gasteiger partial charge on any atom is 0.469 e. The first-order valence-electron chi connectivity index (χ1n) is 9.64. The van der Waals surface area contributed by atoms with Crippen molar-refractivity contribution in [2.75, 3.05) is 24.7 Å². The van der Waals surface area contributed by atoms with Crippen LogP contribution in [0.15, 0.2) is 36.9 Å². The van der Waals surface area contributed by atoms with Crippen LogP contribution < -0.4 is 11.1 Å². The molecule has 2 aromatic heterocycles. The minimum absolute atomic E-state index is 0.107. The Kier molecular flexibility index (Phi) is 6.30. The van der Waals surface area contributed by atoms with Crippen LogP contribution in [-0.4, -0.2) is 72.3 Å². The summed E-state index contributed by atoms with van der Waals surface area (Å²) in [6.07, 6.45) is -2.67. The van der Waals surface area contributed by atoms with Gasteiger partial charge in [-0.15, -0.1) is 0 Å². The number of phosphoric acid groups is 1. The van der Waals surface area contributed by atoms with Crippen molar-refractivity contribution >= 4 is 36.5 Å². The molecule has 176 valence electrons. The van der Waals surface area contributed by atoms with E-state index in [1.807, 2.05) is 0 Å². The smallest absolute Gasteiger partial charge is 0.451 e. The predicted molar refractivity (Wildman–Crippen MR) is 113 cm³/mol. The van der Waals surface area contributed by atoms with Gasteiger partial charge in [0.1, 0.15) is 24.1 Å². The lowest BCUT2D eigenvalue weighted by molar-refractivity contribution is -0.0558. The van der Waals surface area contributed by atoms with Crippen LogP contribution >= 0.6 is 7.82 Å². The molecule has 6 N–H and O–H groups in total. The zero-order valence-electron chi connectivity index (χ0n) is 17.2. The molecule has 1 saturated heterocycles. The van der Waals surface area contributed by atoms with E-state index in [2.05, 4.69) is 24.8 Å². The molecule has 33 heavy (non-hydrogen) atoms. The van der Waals surface area contributed by atoms with Crippen LogP contribution in [0.5, 0.6) is 0 Å². The third-order valence-electron chi connectivity index (χ3n) is 5.04. The van der Waals surface area contributed by atoms with Gasteiger partial charge in [0.2, 0.25) is 0 Å². The Morgan fingerprint density at radius 3 is 2.79 bits per heavy atom. The number of aliphatic hydroxyl groups excluding tert-OH is 1. The lowest BCUT2D eigenvalue weighted by Gasteiger charge is -2.22. The molecule has 3 aromatic rings. The van der Waals surface area contributed by atoms with E-state index in [4.69, 9.17) is 25.0 Å². The third kappa shape index (κ3) is 4.66.